The number of morpholine rings is 1. The molecule has 5 rings (SSSR count). The van der Waals surface area contributed by atoms with Gasteiger partial charge in [0.2, 0.25) is 17.7 Å². The minimum atomic E-state index is -0.629. The maximum Gasteiger partial charge on any atom is 0.410 e. The van der Waals surface area contributed by atoms with Gasteiger partial charge < -0.3 is 29.3 Å². The minimum Gasteiger partial charge on any atom is -0.474 e. The summed E-state index contributed by atoms with van der Waals surface area (Å²) in [5.74, 6) is -0.165. The van der Waals surface area contributed by atoms with Gasteiger partial charge in [-0.15, -0.1) is 0 Å². The van der Waals surface area contributed by atoms with Crippen LogP contribution < -0.4 is 15.0 Å². The summed E-state index contributed by atoms with van der Waals surface area (Å²) in [6.07, 6.45) is -0.00106. The summed E-state index contributed by atoms with van der Waals surface area (Å²) in [6, 6.07) is 7.74. The third-order valence-electron chi connectivity index (χ3n) is 9.27. The number of hydrogen-bond donors (Lipinski definition) is 1. The number of nitrogens with one attached hydrogen (secondary N) is 1. The van der Waals surface area contributed by atoms with Crippen LogP contribution in [0.4, 0.5) is 20.7 Å². The normalized spacial score (nSPS) is 25.0. The minimum absolute atomic E-state index is 0.120. The third kappa shape index (κ3) is 8.87. The highest BCUT2D eigenvalue weighted by molar-refractivity contribution is 5.98. The third-order valence-corrected chi connectivity index (χ3v) is 9.27. The van der Waals surface area contributed by atoms with Gasteiger partial charge in [0.15, 0.2) is 0 Å². The molecule has 12 nitrogen and oxygen atoms in total. The SMILES string of the molecule is CC(=O)Nc1nc2c(cc1Cc1ccc(F)cc1)N(C(=O)CN1C[C@@H](C)N(C(=O)OC(C)(C)C)C[C@@H]1CN1[C@H](C)COC[C@H]1C)[C@@H](C)CO2. The zero-order valence-electron chi connectivity index (χ0n) is 30.0. The number of amides is 3. The standard InChI is InChI=1S/C36H51FN6O6/c1-22-15-40(30(16-41-23(2)19-47-20-24(41)3)17-42(22)35(46)49-36(6,7)8)18-32(45)43-25(4)21-48-34-31(43)14-28(33(39-34)38-26(5)44)13-27-9-11-29(37)12-10-27/h9-12,14,22-25,30H,13,15-21H2,1-8H3,(H,38,39,44)/t22-,23-,24-,25+,30+/m1/s1. The highest BCUT2D eigenvalue weighted by Gasteiger charge is 2.41. The molecule has 1 aromatic heterocycles. The molecule has 5 atom stereocenters. The van der Waals surface area contributed by atoms with Crippen molar-refractivity contribution >= 4 is 29.4 Å². The molecule has 0 spiro atoms. The van der Waals surface area contributed by atoms with Crippen LogP contribution in [0.2, 0.25) is 0 Å². The number of carbonyl (C=O) groups is 3. The number of halogens is 1. The highest BCUT2D eigenvalue weighted by atomic mass is 19.1. The van der Waals surface area contributed by atoms with E-state index in [0.717, 1.165) is 5.56 Å². The number of pyridine rings is 1. The summed E-state index contributed by atoms with van der Waals surface area (Å²) >= 11 is 0. The zero-order chi connectivity index (χ0) is 35.6. The Morgan fingerprint density at radius 3 is 2.29 bits per heavy atom. The van der Waals surface area contributed by atoms with Crippen molar-refractivity contribution < 1.29 is 33.0 Å². The van der Waals surface area contributed by atoms with E-state index >= 15 is 0 Å². The first-order valence-corrected chi connectivity index (χ1v) is 17.2. The molecule has 3 aliphatic heterocycles. The Labute approximate surface area is 288 Å². The van der Waals surface area contributed by atoms with Gasteiger partial charge in [-0.2, -0.15) is 4.98 Å². The van der Waals surface area contributed by atoms with E-state index in [1.165, 1.54) is 19.1 Å². The molecule has 4 heterocycles. The fourth-order valence-corrected chi connectivity index (χ4v) is 6.87. The Morgan fingerprint density at radius 1 is 0.980 bits per heavy atom. The zero-order valence-corrected chi connectivity index (χ0v) is 30.0. The van der Waals surface area contributed by atoms with Gasteiger partial charge >= 0.3 is 6.09 Å². The van der Waals surface area contributed by atoms with Crippen LogP contribution in [0.25, 0.3) is 0 Å². The average molecular weight is 683 g/mol. The van der Waals surface area contributed by atoms with Gasteiger partial charge in [0.1, 0.15) is 29.5 Å². The van der Waals surface area contributed by atoms with E-state index in [2.05, 4.69) is 33.9 Å². The van der Waals surface area contributed by atoms with Gasteiger partial charge in [-0.05, 0) is 72.2 Å². The van der Waals surface area contributed by atoms with E-state index in [1.807, 2.05) is 40.7 Å². The lowest BCUT2D eigenvalue weighted by Gasteiger charge is -2.49. The predicted octanol–water partition coefficient (Wildman–Crippen LogP) is 4.30. The molecule has 268 valence electrons. The van der Waals surface area contributed by atoms with E-state index in [0.29, 0.717) is 56.3 Å². The van der Waals surface area contributed by atoms with Gasteiger partial charge in [0.25, 0.3) is 0 Å². The Bertz CT molecular complexity index is 1510. The molecule has 49 heavy (non-hydrogen) atoms. The summed E-state index contributed by atoms with van der Waals surface area (Å²) in [5.41, 5.74) is 1.38. The second kappa shape index (κ2) is 15.0. The van der Waals surface area contributed by atoms with Crippen molar-refractivity contribution in [3.05, 3.63) is 47.3 Å². The van der Waals surface area contributed by atoms with Crippen LogP contribution in [-0.2, 0) is 25.5 Å². The number of hydrogen-bond acceptors (Lipinski definition) is 9. The lowest BCUT2D eigenvalue weighted by Crippen LogP contribution is -2.65. The number of anilines is 2. The van der Waals surface area contributed by atoms with Crippen LogP contribution >= 0.6 is 0 Å². The molecular weight excluding hydrogens is 631 g/mol. The molecule has 2 aromatic rings. The number of rotatable bonds is 7. The van der Waals surface area contributed by atoms with Crippen molar-refractivity contribution in [1.82, 2.24) is 19.7 Å². The number of piperazine rings is 1. The van der Waals surface area contributed by atoms with E-state index in [9.17, 15) is 18.8 Å². The summed E-state index contributed by atoms with van der Waals surface area (Å²) in [6.45, 7) is 18.3. The van der Waals surface area contributed by atoms with Crippen molar-refractivity contribution in [2.24, 2.45) is 0 Å². The van der Waals surface area contributed by atoms with Gasteiger partial charge in [-0.1, -0.05) is 12.1 Å². The fourth-order valence-electron chi connectivity index (χ4n) is 6.87. The molecule has 0 aliphatic carbocycles. The van der Waals surface area contributed by atoms with Crippen LogP contribution in [-0.4, -0.2) is 119 Å². The molecular formula is C36H51FN6O6. The van der Waals surface area contributed by atoms with Crippen LogP contribution in [0.3, 0.4) is 0 Å². The number of benzene rings is 1. The summed E-state index contributed by atoms with van der Waals surface area (Å²) in [5, 5.41) is 2.79. The Hall–Kier alpha value is -3.81. The number of aromatic nitrogens is 1. The average Bonchev–Trinajstić information content (AvgIpc) is 3.00. The van der Waals surface area contributed by atoms with E-state index in [1.54, 1.807) is 21.9 Å². The molecule has 0 saturated carbocycles. The van der Waals surface area contributed by atoms with Crippen molar-refractivity contribution in [2.75, 3.05) is 56.2 Å². The molecule has 0 bridgehead atoms. The number of nitrogens with zero attached hydrogens (tertiary/aromatic N) is 5. The molecule has 0 unspecified atom stereocenters. The summed E-state index contributed by atoms with van der Waals surface area (Å²) < 4.78 is 31.2. The maximum atomic E-state index is 14.4. The molecule has 3 aliphatic rings. The lowest BCUT2D eigenvalue weighted by molar-refractivity contribution is -0.123. The highest BCUT2D eigenvalue weighted by Crippen LogP contribution is 2.37. The van der Waals surface area contributed by atoms with E-state index < -0.39 is 5.60 Å². The van der Waals surface area contributed by atoms with Crippen molar-refractivity contribution in [1.29, 1.82) is 0 Å². The monoisotopic (exact) mass is 682 g/mol. The van der Waals surface area contributed by atoms with Crippen LogP contribution in [0.5, 0.6) is 5.88 Å². The largest absolute Gasteiger partial charge is 0.474 e. The second-order valence-corrected chi connectivity index (χ2v) is 14.7. The summed E-state index contributed by atoms with van der Waals surface area (Å²) in [4.78, 5) is 52.6. The second-order valence-electron chi connectivity index (χ2n) is 14.7. The van der Waals surface area contributed by atoms with E-state index in [4.69, 9.17) is 14.2 Å². The molecule has 1 N–H and O–H groups in total. The molecule has 1 aromatic carbocycles. The van der Waals surface area contributed by atoms with Gasteiger partial charge in [0.05, 0.1) is 25.8 Å². The lowest BCUT2D eigenvalue weighted by atomic mass is 10.0. The number of carbonyl (C=O) groups excluding carboxylic acids is 3. The predicted molar refractivity (Wildman–Crippen MR) is 184 cm³/mol. The molecule has 0 radical (unpaired) electrons. The van der Waals surface area contributed by atoms with Crippen molar-refractivity contribution in [3.8, 4) is 5.88 Å². The quantitative estimate of drug-likeness (QED) is 0.457. The van der Waals surface area contributed by atoms with Gasteiger partial charge in [-0.3, -0.25) is 19.4 Å². The Morgan fingerprint density at radius 2 is 1.65 bits per heavy atom. The van der Waals surface area contributed by atoms with Crippen molar-refractivity contribution in [2.45, 2.75) is 97.6 Å². The first-order chi connectivity index (χ1) is 23.1. The number of ether oxygens (including phenoxy) is 3. The summed E-state index contributed by atoms with van der Waals surface area (Å²) in [7, 11) is 0. The van der Waals surface area contributed by atoms with E-state index in [-0.39, 0.29) is 73.0 Å². The molecule has 3 amide bonds. The molecule has 2 fully saturated rings. The fraction of sp³-hybridized carbons (Fsp3) is 0.611. The first kappa shape index (κ1) is 36.5. The number of fused-ring (bicyclic) bond motifs is 1. The Balaban J connectivity index is 1.44. The molecule has 13 heteroatoms. The topological polar surface area (TPSA) is 117 Å². The van der Waals surface area contributed by atoms with Crippen LogP contribution in [0.15, 0.2) is 30.3 Å². The van der Waals surface area contributed by atoms with Crippen LogP contribution in [0.1, 0.15) is 66.5 Å². The maximum absolute atomic E-state index is 14.4. The Kier molecular flexibility index (Phi) is 11.1. The van der Waals surface area contributed by atoms with Crippen LogP contribution in [0, 0.1) is 5.82 Å². The van der Waals surface area contributed by atoms with Gasteiger partial charge in [-0.25, -0.2) is 9.18 Å². The van der Waals surface area contributed by atoms with Gasteiger partial charge in [0, 0.05) is 62.7 Å². The van der Waals surface area contributed by atoms with Crippen molar-refractivity contribution in [3.63, 3.8) is 0 Å². The smallest absolute Gasteiger partial charge is 0.410 e. The first-order valence-electron chi connectivity index (χ1n) is 17.2. The molecule has 2 saturated heterocycles.